The fourth-order valence-electron chi connectivity index (χ4n) is 3.11. The maximum Gasteiger partial charge on any atom is 0.416 e. The third-order valence-corrected chi connectivity index (χ3v) is 4.67. The first-order valence-corrected chi connectivity index (χ1v) is 8.67. The number of nitro benzene ring substituents is 1. The Morgan fingerprint density at radius 3 is 2.25 bits per heavy atom. The molecule has 0 unspecified atom stereocenters. The number of hydrogen-bond acceptors (Lipinski definition) is 4. The molecule has 0 aliphatic carbocycles. The summed E-state index contributed by atoms with van der Waals surface area (Å²) in [5.74, 6) is -0.113. The Labute approximate surface area is 159 Å². The van der Waals surface area contributed by atoms with Crippen LogP contribution in [0, 0.1) is 10.1 Å². The average Bonchev–Trinajstić information content (AvgIpc) is 2.68. The molecule has 0 spiro atoms. The first-order valence-electron chi connectivity index (χ1n) is 8.67. The van der Waals surface area contributed by atoms with Crippen molar-refractivity contribution >= 4 is 17.3 Å². The number of carbonyl (C=O) groups is 1. The number of nitro groups is 1. The van der Waals surface area contributed by atoms with Crippen molar-refractivity contribution < 1.29 is 22.9 Å². The van der Waals surface area contributed by atoms with Crippen molar-refractivity contribution in [3.05, 3.63) is 69.8 Å². The van der Waals surface area contributed by atoms with Crippen LogP contribution in [0.1, 0.15) is 11.1 Å². The fourth-order valence-corrected chi connectivity index (χ4v) is 3.11. The molecule has 1 amide bonds. The normalized spacial score (nSPS) is 14.8. The van der Waals surface area contributed by atoms with E-state index in [1.807, 2.05) is 4.90 Å². The summed E-state index contributed by atoms with van der Waals surface area (Å²) in [4.78, 5) is 26.1. The molecule has 0 aromatic heterocycles. The summed E-state index contributed by atoms with van der Waals surface area (Å²) in [6.45, 7) is 1.69. The van der Waals surface area contributed by atoms with Crippen molar-refractivity contribution in [2.75, 3.05) is 31.1 Å². The number of rotatable bonds is 4. The average molecular weight is 393 g/mol. The van der Waals surface area contributed by atoms with Crippen molar-refractivity contribution in [2.24, 2.45) is 0 Å². The zero-order chi connectivity index (χ0) is 20.3. The number of carbonyl (C=O) groups excluding carboxylic acids is 1. The molecule has 9 heteroatoms. The van der Waals surface area contributed by atoms with E-state index in [1.165, 1.54) is 18.2 Å². The highest BCUT2D eigenvalue weighted by Gasteiger charge is 2.31. The quantitative estimate of drug-likeness (QED) is 0.589. The number of alkyl halides is 3. The smallest absolute Gasteiger partial charge is 0.368 e. The molecule has 2 aromatic rings. The van der Waals surface area contributed by atoms with Gasteiger partial charge in [0.25, 0.3) is 5.69 Å². The van der Waals surface area contributed by atoms with Crippen LogP contribution in [-0.2, 0) is 17.4 Å². The molecular weight excluding hydrogens is 375 g/mol. The number of hydrogen-bond donors (Lipinski definition) is 0. The molecule has 3 rings (SSSR count). The van der Waals surface area contributed by atoms with E-state index >= 15 is 0 Å². The lowest BCUT2D eigenvalue weighted by atomic mass is 10.1. The van der Waals surface area contributed by atoms with E-state index < -0.39 is 16.7 Å². The number of amides is 1. The van der Waals surface area contributed by atoms with E-state index in [1.54, 1.807) is 23.1 Å². The summed E-state index contributed by atoms with van der Waals surface area (Å²) in [6.07, 6.45) is -4.26. The molecule has 28 heavy (non-hydrogen) atoms. The van der Waals surface area contributed by atoms with Crippen molar-refractivity contribution in [1.29, 1.82) is 0 Å². The number of halogens is 3. The molecule has 1 fully saturated rings. The van der Waals surface area contributed by atoms with Crippen LogP contribution in [0.5, 0.6) is 0 Å². The van der Waals surface area contributed by atoms with Crippen LogP contribution in [0.15, 0.2) is 48.5 Å². The second kappa shape index (κ2) is 7.87. The van der Waals surface area contributed by atoms with Gasteiger partial charge in [0, 0.05) is 44.0 Å². The lowest BCUT2D eigenvalue weighted by Crippen LogP contribution is -2.49. The van der Waals surface area contributed by atoms with E-state index in [-0.39, 0.29) is 18.0 Å². The predicted molar refractivity (Wildman–Crippen MR) is 97.0 cm³/mol. The van der Waals surface area contributed by atoms with Gasteiger partial charge in [-0.05, 0) is 23.8 Å². The van der Waals surface area contributed by atoms with Crippen LogP contribution in [0.4, 0.5) is 24.5 Å². The van der Waals surface area contributed by atoms with Crippen LogP contribution >= 0.6 is 0 Å². The third kappa shape index (κ3) is 4.59. The van der Waals surface area contributed by atoms with E-state index in [0.717, 1.165) is 12.1 Å². The number of piperazine rings is 1. The summed E-state index contributed by atoms with van der Waals surface area (Å²) in [5, 5.41) is 10.7. The summed E-state index contributed by atoms with van der Waals surface area (Å²) >= 11 is 0. The second-order valence-corrected chi connectivity index (χ2v) is 6.52. The Morgan fingerprint density at radius 2 is 1.68 bits per heavy atom. The number of benzene rings is 2. The topological polar surface area (TPSA) is 66.7 Å². The molecular formula is C19H18F3N3O3. The minimum absolute atomic E-state index is 0.0362. The van der Waals surface area contributed by atoms with Crippen LogP contribution in [0.2, 0.25) is 0 Å². The molecule has 0 N–H and O–H groups in total. The summed E-state index contributed by atoms with van der Waals surface area (Å²) < 4.78 is 38.6. The van der Waals surface area contributed by atoms with E-state index in [4.69, 9.17) is 0 Å². The molecule has 148 valence electrons. The van der Waals surface area contributed by atoms with Crippen LogP contribution in [0.3, 0.4) is 0 Å². The van der Waals surface area contributed by atoms with Gasteiger partial charge in [0.05, 0.1) is 16.9 Å². The van der Waals surface area contributed by atoms with Gasteiger partial charge in [-0.3, -0.25) is 14.9 Å². The van der Waals surface area contributed by atoms with Gasteiger partial charge in [-0.2, -0.15) is 13.2 Å². The van der Waals surface area contributed by atoms with Gasteiger partial charge < -0.3 is 9.80 Å². The fraction of sp³-hybridized carbons (Fsp3) is 0.316. The van der Waals surface area contributed by atoms with Crippen molar-refractivity contribution in [3.63, 3.8) is 0 Å². The Morgan fingerprint density at radius 1 is 1.04 bits per heavy atom. The van der Waals surface area contributed by atoms with Crippen molar-refractivity contribution in [3.8, 4) is 0 Å². The number of nitrogens with zero attached hydrogens (tertiary/aromatic N) is 3. The van der Waals surface area contributed by atoms with Gasteiger partial charge in [-0.15, -0.1) is 0 Å². The molecule has 0 radical (unpaired) electrons. The van der Waals surface area contributed by atoms with E-state index in [2.05, 4.69) is 0 Å². The highest BCUT2D eigenvalue weighted by atomic mass is 19.4. The van der Waals surface area contributed by atoms with Crippen molar-refractivity contribution in [2.45, 2.75) is 12.6 Å². The van der Waals surface area contributed by atoms with E-state index in [9.17, 15) is 28.1 Å². The standard InChI is InChI=1S/C19H18F3N3O3/c20-19(21,22)15-2-1-3-17(13-15)23-8-10-24(11-9-23)18(26)12-14-4-6-16(7-5-14)25(27)28/h1-7,13H,8-12H2. The summed E-state index contributed by atoms with van der Waals surface area (Å²) in [5.41, 5.74) is 0.431. The van der Waals surface area contributed by atoms with Crippen molar-refractivity contribution in [1.82, 2.24) is 4.90 Å². The summed E-state index contributed by atoms with van der Waals surface area (Å²) in [6, 6.07) is 11.0. The predicted octanol–water partition coefficient (Wildman–Crippen LogP) is 3.50. The third-order valence-electron chi connectivity index (χ3n) is 4.67. The van der Waals surface area contributed by atoms with Crippen LogP contribution in [-0.4, -0.2) is 41.9 Å². The SMILES string of the molecule is O=C(Cc1ccc([N+](=O)[O-])cc1)N1CCN(c2cccc(C(F)(F)F)c2)CC1. The Hall–Kier alpha value is -3.10. The zero-order valence-corrected chi connectivity index (χ0v) is 14.9. The zero-order valence-electron chi connectivity index (χ0n) is 14.9. The highest BCUT2D eigenvalue weighted by molar-refractivity contribution is 5.79. The molecule has 0 saturated carbocycles. The first-order chi connectivity index (χ1) is 13.2. The first kappa shape index (κ1) is 19.7. The number of non-ortho nitro benzene ring substituents is 1. The monoisotopic (exact) mass is 393 g/mol. The van der Waals surface area contributed by atoms with Crippen LogP contribution in [0.25, 0.3) is 0 Å². The second-order valence-electron chi connectivity index (χ2n) is 6.52. The Bertz CT molecular complexity index is 861. The molecule has 2 aromatic carbocycles. The van der Waals surface area contributed by atoms with Gasteiger partial charge in [-0.1, -0.05) is 18.2 Å². The molecule has 1 aliphatic heterocycles. The molecule has 6 nitrogen and oxygen atoms in total. The Kier molecular flexibility index (Phi) is 5.53. The highest BCUT2D eigenvalue weighted by Crippen LogP contribution is 2.31. The van der Waals surface area contributed by atoms with Gasteiger partial charge in [0.2, 0.25) is 5.91 Å². The maximum absolute atomic E-state index is 12.9. The largest absolute Gasteiger partial charge is 0.416 e. The van der Waals surface area contributed by atoms with E-state index in [0.29, 0.717) is 37.4 Å². The Balaban J connectivity index is 1.57. The van der Waals surface area contributed by atoms with Gasteiger partial charge in [-0.25, -0.2) is 0 Å². The minimum Gasteiger partial charge on any atom is -0.368 e. The lowest BCUT2D eigenvalue weighted by molar-refractivity contribution is -0.384. The van der Waals surface area contributed by atoms with Gasteiger partial charge in [0.15, 0.2) is 0 Å². The van der Waals surface area contributed by atoms with Crippen LogP contribution < -0.4 is 4.90 Å². The molecule has 1 saturated heterocycles. The summed E-state index contributed by atoms with van der Waals surface area (Å²) in [7, 11) is 0. The number of anilines is 1. The van der Waals surface area contributed by atoms with Gasteiger partial charge in [0.1, 0.15) is 0 Å². The molecule has 0 atom stereocenters. The molecule has 0 bridgehead atoms. The minimum atomic E-state index is -4.39. The lowest BCUT2D eigenvalue weighted by Gasteiger charge is -2.36. The maximum atomic E-state index is 12.9. The molecule has 1 heterocycles. The van der Waals surface area contributed by atoms with Gasteiger partial charge >= 0.3 is 6.18 Å². The molecule has 1 aliphatic rings.